The van der Waals surface area contributed by atoms with Crippen molar-refractivity contribution in [2.24, 2.45) is 5.92 Å². The average molecular weight is 307 g/mol. The van der Waals surface area contributed by atoms with Crippen LogP contribution in [0.1, 0.15) is 25.1 Å². The number of aryl methyl sites for hydroxylation is 1. The number of benzene rings is 1. The Hall–Kier alpha value is -0.930. The first-order valence-electron chi connectivity index (χ1n) is 6.33. The van der Waals surface area contributed by atoms with Crippen LogP contribution in [0.2, 0.25) is 0 Å². The molecule has 0 aliphatic rings. The van der Waals surface area contributed by atoms with E-state index in [4.69, 9.17) is 0 Å². The Morgan fingerprint density at radius 3 is 2.78 bits per heavy atom. The predicted molar refractivity (Wildman–Crippen MR) is 80.7 cm³/mol. The fourth-order valence-electron chi connectivity index (χ4n) is 2.06. The Balaban J connectivity index is 2.32. The molecule has 3 heteroatoms. The first kappa shape index (κ1) is 13.5. The van der Waals surface area contributed by atoms with Crippen molar-refractivity contribution >= 4 is 26.8 Å². The van der Waals surface area contributed by atoms with Crippen LogP contribution in [0.25, 0.3) is 10.9 Å². The summed E-state index contributed by atoms with van der Waals surface area (Å²) in [5.74, 6) is 0.672. The molecule has 1 heterocycles. The summed E-state index contributed by atoms with van der Waals surface area (Å²) in [5, 5.41) is 4.72. The van der Waals surface area contributed by atoms with Crippen molar-refractivity contribution in [3.63, 3.8) is 0 Å². The van der Waals surface area contributed by atoms with Gasteiger partial charge in [-0.2, -0.15) is 0 Å². The molecule has 0 radical (unpaired) electrons. The molecule has 2 aromatic rings. The van der Waals surface area contributed by atoms with Crippen LogP contribution in [0.15, 0.2) is 28.7 Å². The van der Waals surface area contributed by atoms with Crippen molar-refractivity contribution in [2.75, 3.05) is 6.54 Å². The van der Waals surface area contributed by atoms with Crippen LogP contribution >= 0.6 is 15.9 Å². The van der Waals surface area contributed by atoms with E-state index in [1.165, 1.54) is 10.9 Å². The maximum atomic E-state index is 4.57. The van der Waals surface area contributed by atoms with Crippen molar-refractivity contribution in [2.45, 2.75) is 27.3 Å². The largest absolute Gasteiger partial charge is 0.312 e. The highest BCUT2D eigenvalue weighted by molar-refractivity contribution is 9.10. The molecule has 1 aromatic carbocycles. The third-order valence-electron chi connectivity index (χ3n) is 2.85. The molecule has 0 saturated carbocycles. The zero-order chi connectivity index (χ0) is 13.1. The van der Waals surface area contributed by atoms with Gasteiger partial charge in [0, 0.05) is 22.1 Å². The van der Waals surface area contributed by atoms with Gasteiger partial charge in [-0.3, -0.25) is 4.98 Å². The minimum atomic E-state index is 0.672. The van der Waals surface area contributed by atoms with Crippen molar-refractivity contribution in [3.05, 3.63) is 40.0 Å². The summed E-state index contributed by atoms with van der Waals surface area (Å²) in [6, 6.07) is 8.43. The van der Waals surface area contributed by atoms with E-state index in [1.807, 2.05) is 13.0 Å². The zero-order valence-electron chi connectivity index (χ0n) is 11.1. The highest BCUT2D eigenvalue weighted by Gasteiger charge is 2.05. The van der Waals surface area contributed by atoms with E-state index >= 15 is 0 Å². The van der Waals surface area contributed by atoms with Gasteiger partial charge in [0.25, 0.3) is 0 Å². The normalized spacial score (nSPS) is 11.4. The van der Waals surface area contributed by atoms with Crippen molar-refractivity contribution in [1.82, 2.24) is 10.3 Å². The van der Waals surface area contributed by atoms with Crippen molar-refractivity contribution < 1.29 is 0 Å². The molecule has 2 nitrogen and oxygen atoms in total. The molecule has 2 rings (SSSR count). The zero-order valence-corrected chi connectivity index (χ0v) is 12.7. The van der Waals surface area contributed by atoms with Gasteiger partial charge in [-0.25, -0.2) is 0 Å². The third-order valence-corrected chi connectivity index (χ3v) is 3.35. The highest BCUT2D eigenvalue weighted by Crippen LogP contribution is 2.22. The second-order valence-electron chi connectivity index (χ2n) is 5.11. The quantitative estimate of drug-likeness (QED) is 0.921. The van der Waals surface area contributed by atoms with Gasteiger partial charge in [0.1, 0.15) is 0 Å². The number of aromatic nitrogens is 1. The first-order valence-corrected chi connectivity index (χ1v) is 7.12. The van der Waals surface area contributed by atoms with Crippen LogP contribution in [0.3, 0.4) is 0 Å². The van der Waals surface area contributed by atoms with Crippen LogP contribution in [-0.4, -0.2) is 11.5 Å². The summed E-state index contributed by atoms with van der Waals surface area (Å²) in [7, 11) is 0. The molecule has 0 saturated heterocycles. The van der Waals surface area contributed by atoms with E-state index in [1.54, 1.807) is 0 Å². The van der Waals surface area contributed by atoms with Gasteiger partial charge >= 0.3 is 0 Å². The molecule has 1 aromatic heterocycles. The van der Waals surface area contributed by atoms with E-state index < -0.39 is 0 Å². The van der Waals surface area contributed by atoms with Crippen LogP contribution in [0.5, 0.6) is 0 Å². The lowest BCUT2D eigenvalue weighted by atomic mass is 10.1. The third kappa shape index (κ3) is 3.30. The number of halogens is 1. The Labute approximate surface area is 117 Å². The lowest BCUT2D eigenvalue weighted by Gasteiger charge is -2.11. The van der Waals surface area contributed by atoms with Gasteiger partial charge in [0.2, 0.25) is 0 Å². The fourth-order valence-corrected chi connectivity index (χ4v) is 2.42. The van der Waals surface area contributed by atoms with Crippen LogP contribution < -0.4 is 5.32 Å². The van der Waals surface area contributed by atoms with Crippen molar-refractivity contribution in [3.8, 4) is 0 Å². The Bertz CT molecular complexity index is 549. The molecule has 0 unspecified atom stereocenters. The van der Waals surface area contributed by atoms with Gasteiger partial charge < -0.3 is 5.32 Å². The van der Waals surface area contributed by atoms with E-state index in [2.05, 4.69) is 58.3 Å². The van der Waals surface area contributed by atoms with Crippen molar-refractivity contribution in [1.29, 1.82) is 0 Å². The molecule has 0 amide bonds. The topological polar surface area (TPSA) is 24.9 Å². The smallest absolute Gasteiger partial charge is 0.0709 e. The molecule has 0 spiro atoms. The molecule has 1 N–H and O–H groups in total. The summed E-state index contributed by atoms with van der Waals surface area (Å²) < 4.78 is 1.10. The fraction of sp³-hybridized carbons (Fsp3) is 0.400. The minimum absolute atomic E-state index is 0.672. The molecule has 0 fully saturated rings. The number of rotatable bonds is 4. The molecular formula is C15H19BrN2. The number of hydrogen-bond acceptors (Lipinski definition) is 2. The number of pyridine rings is 1. The molecular weight excluding hydrogens is 288 g/mol. The first-order chi connectivity index (χ1) is 8.56. The Morgan fingerprint density at radius 1 is 1.28 bits per heavy atom. The average Bonchev–Trinajstić information content (AvgIpc) is 2.29. The monoisotopic (exact) mass is 306 g/mol. The maximum Gasteiger partial charge on any atom is 0.0709 e. The van der Waals surface area contributed by atoms with E-state index in [9.17, 15) is 0 Å². The van der Waals surface area contributed by atoms with Gasteiger partial charge in [-0.1, -0.05) is 29.8 Å². The lowest BCUT2D eigenvalue weighted by Crippen LogP contribution is -2.19. The van der Waals surface area contributed by atoms with Gasteiger partial charge in [-0.15, -0.1) is 0 Å². The summed E-state index contributed by atoms with van der Waals surface area (Å²) in [4.78, 5) is 4.57. The molecule has 0 aliphatic carbocycles. The predicted octanol–water partition coefficient (Wildman–Crippen LogP) is 4.05. The Kier molecular flexibility index (Phi) is 4.36. The van der Waals surface area contributed by atoms with E-state index in [0.717, 1.165) is 28.8 Å². The summed E-state index contributed by atoms with van der Waals surface area (Å²) in [6.45, 7) is 8.43. The standard InChI is InChI=1S/C15H19BrN2/c1-10(2)8-17-9-12-6-11(3)18-15-5-4-13(16)7-14(12)15/h4-7,10,17H,8-9H2,1-3H3. The van der Waals surface area contributed by atoms with Crippen LogP contribution in [0.4, 0.5) is 0 Å². The second-order valence-corrected chi connectivity index (χ2v) is 6.02. The summed E-state index contributed by atoms with van der Waals surface area (Å²) in [5.41, 5.74) is 3.46. The SMILES string of the molecule is Cc1cc(CNCC(C)C)c2cc(Br)ccc2n1. The van der Waals surface area contributed by atoms with Gasteiger partial charge in [0.05, 0.1) is 5.52 Å². The number of nitrogens with one attached hydrogen (secondary N) is 1. The van der Waals surface area contributed by atoms with Gasteiger partial charge in [-0.05, 0) is 49.2 Å². The van der Waals surface area contributed by atoms with E-state index in [0.29, 0.717) is 5.92 Å². The summed E-state index contributed by atoms with van der Waals surface area (Å²) in [6.07, 6.45) is 0. The van der Waals surface area contributed by atoms with Gasteiger partial charge in [0.15, 0.2) is 0 Å². The Morgan fingerprint density at radius 2 is 2.06 bits per heavy atom. The maximum absolute atomic E-state index is 4.57. The molecule has 0 atom stereocenters. The number of fused-ring (bicyclic) bond motifs is 1. The minimum Gasteiger partial charge on any atom is -0.312 e. The molecule has 0 bridgehead atoms. The number of hydrogen-bond donors (Lipinski definition) is 1. The lowest BCUT2D eigenvalue weighted by molar-refractivity contribution is 0.553. The molecule has 0 aliphatic heterocycles. The molecule has 18 heavy (non-hydrogen) atoms. The second kappa shape index (κ2) is 5.81. The van der Waals surface area contributed by atoms with E-state index in [-0.39, 0.29) is 0 Å². The highest BCUT2D eigenvalue weighted by atomic mass is 79.9. The summed E-state index contributed by atoms with van der Waals surface area (Å²) >= 11 is 3.53. The van der Waals surface area contributed by atoms with Crippen LogP contribution in [-0.2, 0) is 6.54 Å². The van der Waals surface area contributed by atoms with Crippen LogP contribution in [0, 0.1) is 12.8 Å². The number of nitrogens with zero attached hydrogens (tertiary/aromatic N) is 1. The molecule has 96 valence electrons.